The van der Waals surface area contributed by atoms with Gasteiger partial charge in [0.15, 0.2) is 5.78 Å². The molecule has 0 unspecified atom stereocenters. The zero-order valence-corrected chi connectivity index (χ0v) is 9.16. The van der Waals surface area contributed by atoms with Crippen LogP contribution in [0.3, 0.4) is 0 Å². The van der Waals surface area contributed by atoms with E-state index in [0.717, 1.165) is 0 Å². The number of carbonyl (C=O) groups excluding carboxylic acids is 2. The van der Waals surface area contributed by atoms with Crippen LogP contribution in [-0.2, 0) is 14.3 Å². The number of ether oxygens (including phenoxy) is 1. The van der Waals surface area contributed by atoms with Crippen molar-refractivity contribution >= 4 is 11.8 Å². The maximum Gasteiger partial charge on any atom is 0.313 e. The van der Waals surface area contributed by atoms with Crippen LogP contribution in [0.15, 0.2) is 36.5 Å². The van der Waals surface area contributed by atoms with Crippen LogP contribution in [0, 0.1) is 0 Å². The van der Waals surface area contributed by atoms with E-state index < -0.39 is 5.97 Å². The minimum atomic E-state index is -0.492. The molecule has 0 aromatic carbocycles. The first-order valence-electron chi connectivity index (χ1n) is 4.79. The van der Waals surface area contributed by atoms with E-state index >= 15 is 0 Å². The molecule has 3 nitrogen and oxygen atoms in total. The van der Waals surface area contributed by atoms with Gasteiger partial charge in [-0.25, -0.2) is 0 Å². The molecule has 0 aliphatic heterocycles. The van der Waals surface area contributed by atoms with Crippen molar-refractivity contribution in [3.05, 3.63) is 36.5 Å². The van der Waals surface area contributed by atoms with Crippen molar-refractivity contribution in [1.82, 2.24) is 0 Å². The lowest BCUT2D eigenvalue weighted by atomic mass is 10.1. The maximum atomic E-state index is 11.5. The number of hydrogen-bond acceptors (Lipinski definition) is 3. The average Bonchev–Trinajstić information content (AvgIpc) is 2.19. The first-order valence-corrected chi connectivity index (χ1v) is 4.79. The van der Waals surface area contributed by atoms with Gasteiger partial charge >= 0.3 is 5.97 Å². The van der Waals surface area contributed by atoms with Crippen LogP contribution in [0.1, 0.15) is 20.3 Å². The fourth-order valence-electron chi connectivity index (χ4n) is 0.967. The largest absolute Gasteiger partial charge is 0.466 e. The third kappa shape index (κ3) is 5.62. The van der Waals surface area contributed by atoms with Gasteiger partial charge in [-0.15, -0.1) is 0 Å². The average molecular weight is 208 g/mol. The van der Waals surface area contributed by atoms with Gasteiger partial charge in [0.1, 0.15) is 6.42 Å². The molecule has 0 aliphatic rings. The fourth-order valence-corrected chi connectivity index (χ4v) is 0.967. The highest BCUT2D eigenvalue weighted by molar-refractivity contribution is 6.07. The predicted molar refractivity (Wildman–Crippen MR) is 59.4 cm³/mol. The summed E-state index contributed by atoms with van der Waals surface area (Å²) in [6.45, 7) is 7.24. The second-order valence-electron chi connectivity index (χ2n) is 2.74. The molecule has 0 radical (unpaired) electrons. The first-order chi connectivity index (χ1) is 7.15. The van der Waals surface area contributed by atoms with E-state index in [1.807, 2.05) is 0 Å². The lowest BCUT2D eigenvalue weighted by molar-refractivity contribution is -0.144. The Labute approximate surface area is 90.1 Å². The molecule has 0 atom stereocenters. The van der Waals surface area contributed by atoms with Crippen molar-refractivity contribution in [2.45, 2.75) is 20.3 Å². The number of esters is 1. The molecule has 0 N–H and O–H groups in total. The smallest absolute Gasteiger partial charge is 0.313 e. The van der Waals surface area contributed by atoms with Crippen molar-refractivity contribution in [3.63, 3.8) is 0 Å². The molecule has 0 saturated heterocycles. The van der Waals surface area contributed by atoms with E-state index in [-0.39, 0.29) is 12.2 Å². The summed E-state index contributed by atoms with van der Waals surface area (Å²) in [5.74, 6) is -0.733. The van der Waals surface area contributed by atoms with Gasteiger partial charge in [-0.2, -0.15) is 0 Å². The number of rotatable bonds is 6. The summed E-state index contributed by atoms with van der Waals surface area (Å²) in [7, 11) is 0. The third-order valence-corrected chi connectivity index (χ3v) is 1.66. The van der Waals surface area contributed by atoms with E-state index in [1.54, 1.807) is 38.2 Å². The molecular formula is C12H16O3. The monoisotopic (exact) mass is 208 g/mol. The van der Waals surface area contributed by atoms with Crippen LogP contribution in [0.2, 0.25) is 0 Å². The van der Waals surface area contributed by atoms with Gasteiger partial charge in [-0.3, -0.25) is 9.59 Å². The molecule has 0 saturated carbocycles. The Morgan fingerprint density at radius 1 is 1.40 bits per heavy atom. The highest BCUT2D eigenvalue weighted by Gasteiger charge is 2.12. The lowest BCUT2D eigenvalue weighted by Crippen LogP contribution is -2.12. The number of carbonyl (C=O) groups is 2. The Hall–Kier alpha value is -1.64. The zero-order valence-electron chi connectivity index (χ0n) is 9.16. The minimum Gasteiger partial charge on any atom is -0.466 e. The van der Waals surface area contributed by atoms with Crippen LogP contribution < -0.4 is 0 Å². The second kappa shape index (κ2) is 7.74. The summed E-state index contributed by atoms with van der Waals surface area (Å²) in [5.41, 5.74) is 0.489. The van der Waals surface area contributed by atoms with Crippen LogP contribution in [0.25, 0.3) is 0 Å². The quantitative estimate of drug-likeness (QED) is 0.291. The molecule has 0 heterocycles. The molecular weight excluding hydrogens is 192 g/mol. The second-order valence-corrected chi connectivity index (χ2v) is 2.74. The van der Waals surface area contributed by atoms with Crippen LogP contribution in [0.5, 0.6) is 0 Å². The number of Topliss-reactive ketones (excluding diaryl/α,β-unsaturated/α-hetero) is 1. The number of hydrogen-bond donors (Lipinski definition) is 0. The first kappa shape index (κ1) is 13.4. The fraction of sp³-hybridized carbons (Fsp3) is 0.333. The molecule has 82 valence electrons. The van der Waals surface area contributed by atoms with Gasteiger partial charge in [0, 0.05) is 5.57 Å². The standard InChI is InChI=1S/C12H16O3/c1-4-7-8-10(5-2)11(13)9-12(14)15-6-3/h4-5,7-8H,1,6,9H2,2-3H3/b8-7-,10-5+. The Balaban J connectivity index is 4.35. The Morgan fingerprint density at radius 3 is 2.53 bits per heavy atom. The highest BCUT2D eigenvalue weighted by Crippen LogP contribution is 2.03. The minimum absolute atomic E-state index is 0.213. The van der Waals surface area contributed by atoms with Gasteiger partial charge in [0.05, 0.1) is 6.61 Å². The summed E-state index contributed by atoms with van der Waals surface area (Å²) >= 11 is 0. The van der Waals surface area contributed by atoms with Crippen LogP contribution >= 0.6 is 0 Å². The number of ketones is 1. The summed E-state index contributed by atoms with van der Waals surface area (Å²) in [6.07, 6.45) is 6.28. The summed E-state index contributed by atoms with van der Waals surface area (Å²) < 4.78 is 4.68. The Bertz CT molecular complexity index is 298. The van der Waals surface area contributed by atoms with E-state index in [2.05, 4.69) is 11.3 Å². The van der Waals surface area contributed by atoms with Crippen molar-refractivity contribution in [1.29, 1.82) is 0 Å². The van der Waals surface area contributed by atoms with Crippen LogP contribution in [0.4, 0.5) is 0 Å². The van der Waals surface area contributed by atoms with Gasteiger partial charge in [0.2, 0.25) is 0 Å². The van der Waals surface area contributed by atoms with E-state index in [1.165, 1.54) is 0 Å². The SMILES string of the molecule is C=C/C=C\C(=C/C)C(=O)CC(=O)OCC. The zero-order chi connectivity index (χ0) is 11.7. The maximum absolute atomic E-state index is 11.5. The molecule has 0 aromatic heterocycles. The van der Waals surface area contributed by atoms with Gasteiger partial charge in [-0.05, 0) is 13.8 Å². The Morgan fingerprint density at radius 2 is 2.07 bits per heavy atom. The summed E-state index contributed by atoms with van der Waals surface area (Å²) in [4.78, 5) is 22.5. The Kier molecular flexibility index (Phi) is 6.89. The summed E-state index contributed by atoms with van der Waals surface area (Å²) in [5, 5.41) is 0. The van der Waals surface area contributed by atoms with Crippen molar-refractivity contribution < 1.29 is 14.3 Å². The third-order valence-electron chi connectivity index (χ3n) is 1.66. The van der Waals surface area contributed by atoms with Crippen LogP contribution in [-0.4, -0.2) is 18.4 Å². The van der Waals surface area contributed by atoms with Gasteiger partial charge in [-0.1, -0.05) is 30.9 Å². The van der Waals surface area contributed by atoms with E-state index in [4.69, 9.17) is 0 Å². The van der Waals surface area contributed by atoms with E-state index in [0.29, 0.717) is 12.2 Å². The molecule has 0 aliphatic carbocycles. The molecule has 15 heavy (non-hydrogen) atoms. The molecule has 0 fully saturated rings. The lowest BCUT2D eigenvalue weighted by Gasteiger charge is -2.01. The van der Waals surface area contributed by atoms with Crippen molar-refractivity contribution in [3.8, 4) is 0 Å². The van der Waals surface area contributed by atoms with Crippen molar-refractivity contribution in [2.24, 2.45) is 0 Å². The number of allylic oxidation sites excluding steroid dienone is 5. The highest BCUT2D eigenvalue weighted by atomic mass is 16.5. The topological polar surface area (TPSA) is 43.4 Å². The van der Waals surface area contributed by atoms with Crippen molar-refractivity contribution in [2.75, 3.05) is 6.61 Å². The molecule has 0 aromatic rings. The molecule has 0 amide bonds. The van der Waals surface area contributed by atoms with Gasteiger partial charge < -0.3 is 4.74 Å². The molecule has 0 rings (SSSR count). The van der Waals surface area contributed by atoms with E-state index in [9.17, 15) is 9.59 Å². The molecule has 0 bridgehead atoms. The molecule has 0 spiro atoms. The molecule has 3 heteroatoms. The van der Waals surface area contributed by atoms with Gasteiger partial charge in [0.25, 0.3) is 0 Å². The summed E-state index contributed by atoms with van der Waals surface area (Å²) in [6, 6.07) is 0. The predicted octanol–water partition coefficient (Wildman–Crippen LogP) is 2.20. The normalized spacial score (nSPS) is 11.5.